The molecule has 1 aromatic rings. The fourth-order valence-electron chi connectivity index (χ4n) is 1.65. The zero-order valence-electron chi connectivity index (χ0n) is 11.3. The Morgan fingerprint density at radius 3 is 2.65 bits per heavy atom. The highest BCUT2D eigenvalue weighted by molar-refractivity contribution is 6.34. The fraction of sp³-hybridized carbons (Fsp3) is 0.385. The van der Waals surface area contributed by atoms with Crippen LogP contribution in [0.3, 0.4) is 0 Å². The number of benzene rings is 1. The summed E-state index contributed by atoms with van der Waals surface area (Å²) >= 11 is 5.95. The van der Waals surface area contributed by atoms with E-state index in [1.165, 1.54) is 19.2 Å². The number of ether oxygens (including phenoxy) is 1. The molecule has 6 nitrogen and oxygen atoms in total. The van der Waals surface area contributed by atoms with Crippen LogP contribution in [0.1, 0.15) is 30.1 Å². The van der Waals surface area contributed by atoms with E-state index in [0.29, 0.717) is 6.42 Å². The van der Waals surface area contributed by atoms with E-state index in [2.05, 4.69) is 5.32 Å². The molecule has 1 amide bonds. The molecule has 110 valence electrons. The van der Waals surface area contributed by atoms with Crippen molar-refractivity contribution in [3.05, 3.63) is 22.7 Å². The number of nitrogens with one attached hydrogen (secondary N) is 1. The Bertz CT molecular complexity index is 519. The lowest BCUT2D eigenvalue weighted by molar-refractivity contribution is -0.117. The molecule has 0 spiro atoms. The van der Waals surface area contributed by atoms with Crippen LogP contribution in [0.4, 0.5) is 5.69 Å². The van der Waals surface area contributed by atoms with E-state index in [4.69, 9.17) is 27.2 Å². The van der Waals surface area contributed by atoms with Gasteiger partial charge in [-0.15, -0.1) is 0 Å². The number of carboxylic acids is 1. The van der Waals surface area contributed by atoms with Gasteiger partial charge in [0.25, 0.3) is 0 Å². The molecular weight excluding hydrogens is 284 g/mol. The highest BCUT2D eigenvalue weighted by Gasteiger charge is 2.18. The van der Waals surface area contributed by atoms with E-state index in [0.717, 1.165) is 6.42 Å². The zero-order chi connectivity index (χ0) is 15.3. The Labute approximate surface area is 121 Å². The van der Waals surface area contributed by atoms with Gasteiger partial charge in [0, 0.05) is 6.07 Å². The van der Waals surface area contributed by atoms with Gasteiger partial charge in [-0.05, 0) is 12.5 Å². The Kier molecular flexibility index (Phi) is 5.79. The number of hydrogen-bond donors (Lipinski definition) is 3. The molecule has 0 aliphatic heterocycles. The summed E-state index contributed by atoms with van der Waals surface area (Å²) in [6.07, 6.45) is 1.33. The van der Waals surface area contributed by atoms with Crippen LogP contribution in [0, 0.1) is 0 Å². The third-order valence-corrected chi connectivity index (χ3v) is 3.03. The molecule has 0 aliphatic rings. The highest BCUT2D eigenvalue weighted by atomic mass is 35.5. The average molecular weight is 301 g/mol. The number of carboxylic acid groups (broad SMARTS) is 1. The van der Waals surface area contributed by atoms with Crippen LogP contribution in [0.5, 0.6) is 5.75 Å². The Balaban J connectivity index is 3.02. The highest BCUT2D eigenvalue weighted by Crippen LogP contribution is 2.31. The zero-order valence-corrected chi connectivity index (χ0v) is 12.0. The molecule has 1 aromatic carbocycles. The third kappa shape index (κ3) is 3.85. The van der Waals surface area contributed by atoms with Crippen LogP contribution in [0.2, 0.25) is 5.02 Å². The number of carbonyl (C=O) groups is 2. The van der Waals surface area contributed by atoms with Gasteiger partial charge in [0.2, 0.25) is 5.91 Å². The fourth-order valence-corrected chi connectivity index (χ4v) is 1.86. The van der Waals surface area contributed by atoms with E-state index in [-0.39, 0.29) is 27.9 Å². The maximum Gasteiger partial charge on any atom is 0.339 e. The number of anilines is 1. The average Bonchev–Trinajstić information content (AvgIpc) is 2.40. The predicted octanol–water partition coefficient (Wildman–Crippen LogP) is 2.11. The van der Waals surface area contributed by atoms with E-state index in [1.807, 2.05) is 6.92 Å². The van der Waals surface area contributed by atoms with Gasteiger partial charge in [0.1, 0.15) is 11.3 Å². The minimum absolute atomic E-state index is 0.0756. The lowest BCUT2D eigenvalue weighted by Crippen LogP contribution is -2.35. The van der Waals surface area contributed by atoms with Crippen LogP contribution >= 0.6 is 11.6 Å². The van der Waals surface area contributed by atoms with Gasteiger partial charge in [-0.3, -0.25) is 4.79 Å². The van der Waals surface area contributed by atoms with E-state index >= 15 is 0 Å². The molecule has 0 aliphatic carbocycles. The normalized spacial score (nSPS) is 11.8. The second-order valence-corrected chi connectivity index (χ2v) is 4.63. The van der Waals surface area contributed by atoms with Gasteiger partial charge in [0.15, 0.2) is 0 Å². The number of amides is 1. The number of nitrogens with two attached hydrogens (primary N) is 1. The standard InChI is InChI=1S/C13H17ClN2O4/c1-3-4-9(15)12(17)16-10-6-11(20-2)7(13(18)19)5-8(10)14/h5-6,9H,3-4,15H2,1-2H3,(H,16,17)(H,18,19)/t9-/m1/s1. The molecule has 0 unspecified atom stereocenters. The molecule has 0 aromatic heterocycles. The minimum atomic E-state index is -1.16. The second kappa shape index (κ2) is 7.12. The predicted molar refractivity (Wildman–Crippen MR) is 76.5 cm³/mol. The summed E-state index contributed by atoms with van der Waals surface area (Å²) < 4.78 is 4.97. The van der Waals surface area contributed by atoms with E-state index in [9.17, 15) is 9.59 Å². The van der Waals surface area contributed by atoms with Gasteiger partial charge in [-0.2, -0.15) is 0 Å². The van der Waals surface area contributed by atoms with Crippen LogP contribution < -0.4 is 15.8 Å². The number of methoxy groups -OCH3 is 1. The number of halogens is 1. The molecule has 4 N–H and O–H groups in total. The summed E-state index contributed by atoms with van der Waals surface area (Å²) in [7, 11) is 1.34. The van der Waals surface area contributed by atoms with Crippen molar-refractivity contribution in [2.45, 2.75) is 25.8 Å². The lowest BCUT2D eigenvalue weighted by Gasteiger charge is -2.14. The van der Waals surface area contributed by atoms with E-state index < -0.39 is 12.0 Å². The Hall–Kier alpha value is -1.79. The van der Waals surface area contributed by atoms with Crippen molar-refractivity contribution < 1.29 is 19.4 Å². The molecule has 0 bridgehead atoms. The first-order chi connectivity index (χ1) is 9.40. The number of carbonyl (C=O) groups excluding carboxylic acids is 1. The van der Waals surface area contributed by atoms with E-state index in [1.54, 1.807) is 0 Å². The van der Waals surface area contributed by atoms with Crippen LogP contribution in [0.15, 0.2) is 12.1 Å². The largest absolute Gasteiger partial charge is 0.496 e. The van der Waals surface area contributed by atoms with Crippen molar-refractivity contribution in [2.75, 3.05) is 12.4 Å². The summed E-state index contributed by atoms with van der Waals surface area (Å²) in [4.78, 5) is 22.8. The summed E-state index contributed by atoms with van der Waals surface area (Å²) in [5, 5.41) is 11.7. The Morgan fingerprint density at radius 2 is 2.15 bits per heavy atom. The van der Waals surface area contributed by atoms with Crippen molar-refractivity contribution in [2.24, 2.45) is 5.73 Å². The second-order valence-electron chi connectivity index (χ2n) is 4.22. The maximum atomic E-state index is 11.8. The molecule has 0 radical (unpaired) electrons. The quantitative estimate of drug-likeness (QED) is 0.747. The van der Waals surface area contributed by atoms with Crippen molar-refractivity contribution >= 4 is 29.2 Å². The Morgan fingerprint density at radius 1 is 1.50 bits per heavy atom. The van der Waals surface area contributed by atoms with Crippen molar-refractivity contribution in [3.63, 3.8) is 0 Å². The van der Waals surface area contributed by atoms with Gasteiger partial charge < -0.3 is 20.9 Å². The topological polar surface area (TPSA) is 102 Å². The molecule has 0 saturated heterocycles. The van der Waals surface area contributed by atoms with Gasteiger partial charge in [-0.1, -0.05) is 24.9 Å². The summed E-state index contributed by atoms with van der Waals surface area (Å²) in [6.45, 7) is 1.92. The third-order valence-electron chi connectivity index (χ3n) is 2.71. The molecule has 20 heavy (non-hydrogen) atoms. The minimum Gasteiger partial charge on any atom is -0.496 e. The molecule has 0 fully saturated rings. The first-order valence-electron chi connectivity index (χ1n) is 6.08. The molecular formula is C13H17ClN2O4. The first-order valence-corrected chi connectivity index (χ1v) is 6.45. The number of aromatic carboxylic acids is 1. The number of rotatable bonds is 6. The molecule has 1 atom stereocenters. The maximum absolute atomic E-state index is 11.8. The van der Waals surface area contributed by atoms with Crippen LogP contribution in [0.25, 0.3) is 0 Å². The molecule has 7 heteroatoms. The summed E-state index contributed by atoms with van der Waals surface area (Å²) in [5.41, 5.74) is 5.89. The number of hydrogen-bond acceptors (Lipinski definition) is 4. The first kappa shape index (κ1) is 16.3. The van der Waals surface area contributed by atoms with Gasteiger partial charge in [0.05, 0.1) is 23.9 Å². The summed E-state index contributed by atoms with van der Waals surface area (Å²) in [6, 6.07) is 1.95. The van der Waals surface area contributed by atoms with Crippen LogP contribution in [-0.2, 0) is 4.79 Å². The SMILES string of the molecule is CCC[C@@H](N)C(=O)Nc1cc(OC)c(C(=O)O)cc1Cl. The van der Waals surface area contributed by atoms with Gasteiger partial charge >= 0.3 is 5.97 Å². The van der Waals surface area contributed by atoms with Crippen molar-refractivity contribution in [3.8, 4) is 5.75 Å². The smallest absolute Gasteiger partial charge is 0.339 e. The lowest BCUT2D eigenvalue weighted by atomic mass is 10.1. The molecule has 1 rings (SSSR count). The van der Waals surface area contributed by atoms with Crippen LogP contribution in [-0.4, -0.2) is 30.1 Å². The molecule has 0 saturated carbocycles. The molecule has 0 heterocycles. The van der Waals surface area contributed by atoms with Crippen molar-refractivity contribution in [1.29, 1.82) is 0 Å². The monoisotopic (exact) mass is 300 g/mol. The summed E-state index contributed by atoms with van der Waals surface area (Å²) in [5.74, 6) is -1.43. The van der Waals surface area contributed by atoms with Gasteiger partial charge in [-0.25, -0.2) is 4.79 Å². The van der Waals surface area contributed by atoms with Crippen molar-refractivity contribution in [1.82, 2.24) is 0 Å².